The van der Waals surface area contributed by atoms with Gasteiger partial charge < -0.3 is 4.74 Å². The summed E-state index contributed by atoms with van der Waals surface area (Å²) in [5.74, 6) is -1.73. The van der Waals surface area contributed by atoms with Gasteiger partial charge in [0, 0.05) is 6.20 Å². The summed E-state index contributed by atoms with van der Waals surface area (Å²) in [4.78, 5) is 14.3. The molecule has 1 heterocycles. The van der Waals surface area contributed by atoms with Crippen LogP contribution in [0.15, 0.2) is 23.4 Å². The number of carbonyl (C=O) groups is 1. The number of ether oxygens (including phenoxy) is 1. The fourth-order valence-corrected chi connectivity index (χ4v) is 1.97. The molecule has 0 atom stereocenters. The number of nitrogens with zero attached hydrogens (tertiary/aromatic N) is 1. The number of pyridine rings is 1. The highest BCUT2D eigenvalue weighted by Crippen LogP contribution is 2.09. The van der Waals surface area contributed by atoms with E-state index in [0.717, 1.165) is 12.3 Å². The molecule has 0 aliphatic carbocycles. The number of carbonyl (C=O) groups excluding carboxylic acids is 1. The van der Waals surface area contributed by atoms with Gasteiger partial charge in [0.05, 0.1) is 6.61 Å². The van der Waals surface area contributed by atoms with Gasteiger partial charge in [0.2, 0.25) is 5.03 Å². The lowest BCUT2D eigenvalue weighted by atomic mass is 10.5. The van der Waals surface area contributed by atoms with Gasteiger partial charge in [0.25, 0.3) is 10.0 Å². The summed E-state index contributed by atoms with van der Waals surface area (Å²) >= 11 is 0. The summed E-state index contributed by atoms with van der Waals surface area (Å²) in [7, 11) is -4.14. The zero-order chi connectivity index (χ0) is 12.9. The van der Waals surface area contributed by atoms with Gasteiger partial charge >= 0.3 is 5.97 Å². The molecule has 0 unspecified atom stereocenters. The van der Waals surface area contributed by atoms with Crippen LogP contribution in [-0.4, -0.2) is 32.5 Å². The Bertz CT molecular complexity index is 503. The van der Waals surface area contributed by atoms with Crippen molar-refractivity contribution in [3.63, 3.8) is 0 Å². The maximum Gasteiger partial charge on any atom is 0.321 e. The maximum atomic E-state index is 13.2. The monoisotopic (exact) mass is 262 g/mol. The Balaban J connectivity index is 2.77. The smallest absolute Gasteiger partial charge is 0.321 e. The van der Waals surface area contributed by atoms with Crippen LogP contribution in [0.4, 0.5) is 4.39 Å². The molecule has 0 bridgehead atoms. The van der Waals surface area contributed by atoms with E-state index >= 15 is 0 Å². The minimum absolute atomic E-state index is 0.137. The molecule has 6 nitrogen and oxygen atoms in total. The van der Waals surface area contributed by atoms with Gasteiger partial charge in [-0.3, -0.25) is 4.79 Å². The Morgan fingerprint density at radius 3 is 2.88 bits per heavy atom. The fraction of sp³-hybridized carbons (Fsp3) is 0.333. The molecule has 0 aromatic carbocycles. The van der Waals surface area contributed by atoms with E-state index in [1.807, 2.05) is 4.72 Å². The summed E-state index contributed by atoms with van der Waals surface area (Å²) in [6.45, 7) is 1.16. The van der Waals surface area contributed by atoms with Crippen molar-refractivity contribution in [1.82, 2.24) is 9.71 Å². The molecule has 0 aliphatic heterocycles. The number of aromatic nitrogens is 1. The molecule has 0 aliphatic rings. The summed E-state index contributed by atoms with van der Waals surface area (Å²) in [5.41, 5.74) is 0. The molecule has 1 N–H and O–H groups in total. The van der Waals surface area contributed by atoms with Crippen LogP contribution in [-0.2, 0) is 19.6 Å². The third kappa shape index (κ3) is 3.75. The van der Waals surface area contributed by atoms with Crippen molar-refractivity contribution in [1.29, 1.82) is 0 Å². The normalized spacial score (nSPS) is 11.2. The van der Waals surface area contributed by atoms with Gasteiger partial charge in [-0.2, -0.15) is 4.72 Å². The molecule has 0 radical (unpaired) electrons. The SMILES string of the molecule is CCOC(=O)CNS(=O)(=O)c1ncccc1F. The second-order valence-corrected chi connectivity index (χ2v) is 4.60. The molecular formula is C9H11FN2O4S. The average molecular weight is 262 g/mol. The lowest BCUT2D eigenvalue weighted by Gasteiger charge is -2.05. The number of esters is 1. The Labute approximate surface area is 97.9 Å². The molecule has 1 rings (SSSR count). The number of rotatable bonds is 5. The third-order valence-corrected chi connectivity index (χ3v) is 3.02. The first-order valence-electron chi connectivity index (χ1n) is 4.73. The molecule has 0 spiro atoms. The molecule has 1 aromatic rings. The first-order valence-corrected chi connectivity index (χ1v) is 6.21. The first kappa shape index (κ1) is 13.5. The van der Waals surface area contributed by atoms with Crippen molar-refractivity contribution in [2.45, 2.75) is 11.9 Å². The van der Waals surface area contributed by atoms with Gasteiger partial charge in [-0.05, 0) is 19.1 Å². The summed E-state index contributed by atoms with van der Waals surface area (Å²) in [5, 5.41) is -0.746. The van der Waals surface area contributed by atoms with Crippen molar-refractivity contribution < 1.29 is 22.3 Å². The molecule has 1 aromatic heterocycles. The van der Waals surface area contributed by atoms with Gasteiger partial charge in [-0.25, -0.2) is 17.8 Å². The van der Waals surface area contributed by atoms with Crippen LogP contribution in [0.2, 0.25) is 0 Å². The zero-order valence-corrected chi connectivity index (χ0v) is 9.83. The highest BCUT2D eigenvalue weighted by Gasteiger charge is 2.21. The Kier molecular flexibility index (Phi) is 4.53. The summed E-state index contributed by atoms with van der Waals surface area (Å²) in [6, 6.07) is 2.23. The second kappa shape index (κ2) is 5.69. The number of nitrogens with one attached hydrogen (secondary N) is 1. The minimum Gasteiger partial charge on any atom is -0.465 e. The largest absolute Gasteiger partial charge is 0.465 e. The average Bonchev–Trinajstić information content (AvgIpc) is 2.27. The van der Waals surface area contributed by atoms with Crippen LogP contribution in [0.1, 0.15) is 6.92 Å². The Morgan fingerprint density at radius 1 is 1.59 bits per heavy atom. The fourth-order valence-electron chi connectivity index (χ4n) is 1.00. The van der Waals surface area contributed by atoms with Gasteiger partial charge in [-0.15, -0.1) is 0 Å². The van der Waals surface area contributed by atoms with E-state index in [0.29, 0.717) is 0 Å². The Hall–Kier alpha value is -1.54. The van der Waals surface area contributed by atoms with Crippen LogP contribution in [0.25, 0.3) is 0 Å². The maximum absolute atomic E-state index is 13.2. The predicted molar refractivity (Wildman–Crippen MR) is 56.0 cm³/mol. The number of hydrogen-bond donors (Lipinski definition) is 1. The van der Waals surface area contributed by atoms with Gasteiger partial charge in [0.1, 0.15) is 6.54 Å². The number of halogens is 1. The first-order chi connectivity index (χ1) is 7.97. The second-order valence-electron chi connectivity index (χ2n) is 2.92. The highest BCUT2D eigenvalue weighted by molar-refractivity contribution is 7.89. The van der Waals surface area contributed by atoms with E-state index in [9.17, 15) is 17.6 Å². The van der Waals surface area contributed by atoms with Crippen molar-refractivity contribution in [2.75, 3.05) is 13.2 Å². The molecule has 17 heavy (non-hydrogen) atoms. The molecule has 8 heteroatoms. The van der Waals surface area contributed by atoms with Crippen molar-refractivity contribution >= 4 is 16.0 Å². The summed E-state index contributed by atoms with van der Waals surface area (Å²) in [6.07, 6.45) is 1.14. The van der Waals surface area contributed by atoms with Crippen LogP contribution >= 0.6 is 0 Å². The van der Waals surface area contributed by atoms with E-state index in [4.69, 9.17) is 0 Å². The van der Waals surface area contributed by atoms with Gasteiger partial charge in [-0.1, -0.05) is 0 Å². The third-order valence-electron chi connectivity index (χ3n) is 1.69. The molecule has 0 amide bonds. The lowest BCUT2D eigenvalue weighted by Crippen LogP contribution is -2.31. The van der Waals surface area contributed by atoms with Crippen LogP contribution in [0.5, 0.6) is 0 Å². The molecule has 0 fully saturated rings. The summed E-state index contributed by atoms with van der Waals surface area (Å²) < 4.78 is 42.7. The molecular weight excluding hydrogens is 251 g/mol. The van der Waals surface area contributed by atoms with Gasteiger partial charge in [0.15, 0.2) is 5.82 Å². The standard InChI is InChI=1S/C9H11FN2O4S/c1-2-16-8(13)6-12-17(14,15)9-7(10)4-3-5-11-9/h3-5,12H,2,6H2,1H3. The van der Waals surface area contributed by atoms with Crippen molar-refractivity contribution in [3.8, 4) is 0 Å². The molecule has 0 saturated heterocycles. The van der Waals surface area contributed by atoms with Crippen molar-refractivity contribution in [3.05, 3.63) is 24.1 Å². The van der Waals surface area contributed by atoms with Crippen LogP contribution < -0.4 is 4.72 Å². The van der Waals surface area contributed by atoms with Crippen LogP contribution in [0.3, 0.4) is 0 Å². The lowest BCUT2D eigenvalue weighted by molar-refractivity contribution is -0.141. The quantitative estimate of drug-likeness (QED) is 0.758. The number of hydrogen-bond acceptors (Lipinski definition) is 5. The van der Waals surface area contributed by atoms with E-state index in [1.54, 1.807) is 6.92 Å². The highest BCUT2D eigenvalue weighted by atomic mass is 32.2. The minimum atomic E-state index is -4.14. The zero-order valence-electron chi connectivity index (χ0n) is 9.01. The predicted octanol–water partition coefficient (Wildman–Crippen LogP) is 0.0621. The van der Waals surface area contributed by atoms with Crippen molar-refractivity contribution in [2.24, 2.45) is 0 Å². The van der Waals surface area contributed by atoms with E-state index in [-0.39, 0.29) is 6.61 Å². The van der Waals surface area contributed by atoms with Crippen LogP contribution in [0, 0.1) is 5.82 Å². The Morgan fingerprint density at radius 2 is 2.29 bits per heavy atom. The molecule has 94 valence electrons. The van der Waals surface area contributed by atoms with E-state index < -0.39 is 33.4 Å². The van der Waals surface area contributed by atoms with E-state index in [2.05, 4.69) is 9.72 Å². The van der Waals surface area contributed by atoms with E-state index in [1.165, 1.54) is 6.07 Å². The number of sulfonamides is 1. The topological polar surface area (TPSA) is 85.4 Å². The molecule has 0 saturated carbocycles.